The molecular formula is C9H15N2. The molecule has 0 aliphatic rings. The highest BCUT2D eigenvalue weighted by Crippen LogP contribution is 1.98. The molecule has 2 heteroatoms. The Morgan fingerprint density at radius 3 is 2.91 bits per heavy atom. The van der Waals surface area contributed by atoms with Crippen molar-refractivity contribution in [1.82, 2.24) is 9.78 Å². The third-order valence-corrected chi connectivity index (χ3v) is 1.69. The lowest BCUT2D eigenvalue weighted by Crippen LogP contribution is -1.98. The Hall–Kier alpha value is -0.790. The summed E-state index contributed by atoms with van der Waals surface area (Å²) < 4.78 is 1.96. The van der Waals surface area contributed by atoms with Gasteiger partial charge in [-0.15, -0.1) is 0 Å². The fourth-order valence-corrected chi connectivity index (χ4v) is 1.06. The van der Waals surface area contributed by atoms with Gasteiger partial charge in [0.25, 0.3) is 0 Å². The zero-order chi connectivity index (χ0) is 8.10. The summed E-state index contributed by atoms with van der Waals surface area (Å²) in [5.41, 5.74) is 0.987. The number of aromatic nitrogens is 2. The van der Waals surface area contributed by atoms with Gasteiger partial charge in [0.05, 0.1) is 5.69 Å². The summed E-state index contributed by atoms with van der Waals surface area (Å²) in [6.07, 6.45) is 5.71. The second-order valence-electron chi connectivity index (χ2n) is 2.83. The van der Waals surface area contributed by atoms with Crippen molar-refractivity contribution in [1.29, 1.82) is 0 Å². The summed E-state index contributed by atoms with van der Waals surface area (Å²) >= 11 is 0. The molecule has 0 fully saturated rings. The maximum absolute atomic E-state index is 4.24. The van der Waals surface area contributed by atoms with Gasteiger partial charge in [0, 0.05) is 18.8 Å². The monoisotopic (exact) mass is 151 g/mol. The van der Waals surface area contributed by atoms with Gasteiger partial charge >= 0.3 is 0 Å². The van der Waals surface area contributed by atoms with Crippen molar-refractivity contribution < 1.29 is 0 Å². The minimum Gasteiger partial charge on any atom is -0.272 e. The van der Waals surface area contributed by atoms with Crippen LogP contribution in [0.15, 0.2) is 6.20 Å². The summed E-state index contributed by atoms with van der Waals surface area (Å²) in [7, 11) is 0. The van der Waals surface area contributed by atoms with Crippen LogP contribution in [-0.2, 0) is 6.54 Å². The molecule has 1 aromatic heterocycles. The highest BCUT2D eigenvalue weighted by Gasteiger charge is 1.92. The maximum Gasteiger partial charge on any atom is 0.0673 e. The van der Waals surface area contributed by atoms with E-state index in [-0.39, 0.29) is 0 Å². The molecule has 0 bridgehead atoms. The van der Waals surface area contributed by atoms with Crippen molar-refractivity contribution in [2.24, 2.45) is 0 Å². The molecule has 0 aliphatic heterocycles. The first-order valence-corrected chi connectivity index (χ1v) is 4.24. The number of hydrogen-bond acceptors (Lipinski definition) is 1. The topological polar surface area (TPSA) is 17.8 Å². The van der Waals surface area contributed by atoms with Crippen LogP contribution in [0.4, 0.5) is 0 Å². The molecule has 1 aromatic rings. The van der Waals surface area contributed by atoms with E-state index in [9.17, 15) is 0 Å². The smallest absolute Gasteiger partial charge is 0.0673 e. The highest BCUT2D eigenvalue weighted by atomic mass is 15.3. The van der Waals surface area contributed by atoms with Crippen LogP contribution in [0.3, 0.4) is 0 Å². The first-order valence-electron chi connectivity index (χ1n) is 4.24. The number of unbranched alkanes of at least 4 members (excludes halogenated alkanes) is 2. The van der Waals surface area contributed by atoms with Gasteiger partial charge in [-0.1, -0.05) is 19.8 Å². The lowest BCUT2D eigenvalue weighted by Gasteiger charge is -1.98. The van der Waals surface area contributed by atoms with E-state index in [2.05, 4.69) is 18.1 Å². The number of aryl methyl sites for hydroxylation is 2. The summed E-state index contributed by atoms with van der Waals surface area (Å²) in [6, 6.07) is 3.05. The first-order chi connectivity index (χ1) is 5.33. The first kappa shape index (κ1) is 8.31. The number of rotatable bonds is 4. The molecule has 11 heavy (non-hydrogen) atoms. The molecule has 0 aliphatic carbocycles. The lowest BCUT2D eigenvalue weighted by molar-refractivity contribution is 0.550. The molecule has 1 heterocycles. The second-order valence-corrected chi connectivity index (χ2v) is 2.83. The van der Waals surface area contributed by atoms with E-state index in [1.165, 1.54) is 19.3 Å². The Kier molecular flexibility index (Phi) is 3.14. The number of hydrogen-bond donors (Lipinski definition) is 0. The predicted molar refractivity (Wildman–Crippen MR) is 45.3 cm³/mol. The third-order valence-electron chi connectivity index (χ3n) is 1.69. The molecule has 0 spiro atoms. The lowest BCUT2D eigenvalue weighted by atomic mass is 10.2. The molecule has 0 saturated carbocycles. The van der Waals surface area contributed by atoms with Gasteiger partial charge in [0.2, 0.25) is 0 Å². The van der Waals surface area contributed by atoms with Crippen LogP contribution in [0.5, 0.6) is 0 Å². The van der Waals surface area contributed by atoms with Gasteiger partial charge in [-0.2, -0.15) is 5.10 Å². The van der Waals surface area contributed by atoms with Crippen molar-refractivity contribution in [3.8, 4) is 0 Å². The van der Waals surface area contributed by atoms with E-state index in [4.69, 9.17) is 0 Å². The molecule has 0 aromatic carbocycles. The molecule has 2 nitrogen and oxygen atoms in total. The van der Waals surface area contributed by atoms with Crippen molar-refractivity contribution in [2.75, 3.05) is 0 Å². The summed E-state index contributed by atoms with van der Waals surface area (Å²) in [5, 5.41) is 4.24. The zero-order valence-electron chi connectivity index (χ0n) is 7.30. The van der Waals surface area contributed by atoms with Crippen molar-refractivity contribution in [3.63, 3.8) is 0 Å². The average molecular weight is 151 g/mol. The minimum absolute atomic E-state index is 0.987. The van der Waals surface area contributed by atoms with Gasteiger partial charge in [0.1, 0.15) is 0 Å². The molecule has 0 atom stereocenters. The van der Waals surface area contributed by atoms with Crippen LogP contribution in [0.1, 0.15) is 31.9 Å². The van der Waals surface area contributed by atoms with Crippen LogP contribution in [0.25, 0.3) is 0 Å². The van der Waals surface area contributed by atoms with Gasteiger partial charge in [0.15, 0.2) is 0 Å². The summed E-state index contributed by atoms with van der Waals surface area (Å²) in [6.45, 7) is 5.22. The van der Waals surface area contributed by atoms with Crippen LogP contribution in [-0.4, -0.2) is 9.78 Å². The van der Waals surface area contributed by atoms with Gasteiger partial charge < -0.3 is 0 Å². The summed E-state index contributed by atoms with van der Waals surface area (Å²) in [5.74, 6) is 0. The molecule has 1 radical (unpaired) electrons. The van der Waals surface area contributed by atoms with Gasteiger partial charge in [-0.25, -0.2) is 0 Å². The van der Waals surface area contributed by atoms with Crippen LogP contribution >= 0.6 is 0 Å². The normalized spacial score (nSPS) is 10.4. The fourth-order valence-electron chi connectivity index (χ4n) is 1.06. The van der Waals surface area contributed by atoms with E-state index in [1.54, 1.807) is 0 Å². The zero-order valence-corrected chi connectivity index (χ0v) is 7.30. The van der Waals surface area contributed by atoms with Crippen LogP contribution in [0.2, 0.25) is 0 Å². The molecule has 0 saturated heterocycles. The van der Waals surface area contributed by atoms with Gasteiger partial charge in [-0.3, -0.25) is 4.68 Å². The Morgan fingerprint density at radius 2 is 2.36 bits per heavy atom. The molecule has 0 N–H and O–H groups in total. The van der Waals surface area contributed by atoms with Gasteiger partial charge in [-0.05, 0) is 13.3 Å². The predicted octanol–water partition coefficient (Wildman–Crippen LogP) is 2.18. The van der Waals surface area contributed by atoms with E-state index in [1.807, 2.05) is 17.8 Å². The van der Waals surface area contributed by atoms with E-state index in [0.717, 1.165) is 12.2 Å². The maximum atomic E-state index is 4.24. The molecular weight excluding hydrogens is 136 g/mol. The average Bonchev–Trinajstić information content (AvgIpc) is 2.37. The SMILES string of the molecule is CCCCCn1c[c]c(C)n1. The molecule has 1 rings (SSSR count). The van der Waals surface area contributed by atoms with Crippen molar-refractivity contribution in [2.45, 2.75) is 39.7 Å². The highest BCUT2D eigenvalue weighted by molar-refractivity contribution is 4.91. The fraction of sp³-hybridized carbons (Fsp3) is 0.667. The Labute approximate surface area is 68.2 Å². The Bertz CT molecular complexity index is 203. The van der Waals surface area contributed by atoms with Crippen molar-refractivity contribution >= 4 is 0 Å². The molecule has 0 unspecified atom stereocenters. The molecule has 0 amide bonds. The van der Waals surface area contributed by atoms with E-state index >= 15 is 0 Å². The van der Waals surface area contributed by atoms with Crippen LogP contribution < -0.4 is 0 Å². The Morgan fingerprint density at radius 1 is 1.55 bits per heavy atom. The van der Waals surface area contributed by atoms with Crippen LogP contribution in [0, 0.1) is 13.0 Å². The second kappa shape index (κ2) is 4.16. The number of nitrogens with zero attached hydrogens (tertiary/aromatic N) is 2. The molecule has 61 valence electrons. The Balaban J connectivity index is 2.27. The van der Waals surface area contributed by atoms with Crippen molar-refractivity contribution in [3.05, 3.63) is 18.0 Å². The standard InChI is InChI=1S/C9H15N2/c1-3-4-5-7-11-8-6-9(2)10-11/h8H,3-5,7H2,1-2H3. The minimum atomic E-state index is 0.987. The third kappa shape index (κ3) is 2.74. The van der Waals surface area contributed by atoms with E-state index < -0.39 is 0 Å². The summed E-state index contributed by atoms with van der Waals surface area (Å²) in [4.78, 5) is 0. The largest absolute Gasteiger partial charge is 0.272 e. The quantitative estimate of drug-likeness (QED) is 0.603. The van der Waals surface area contributed by atoms with E-state index in [0.29, 0.717) is 0 Å².